The molecule has 0 N–H and O–H groups in total. The van der Waals surface area contributed by atoms with Gasteiger partial charge in [-0.15, -0.1) is 0 Å². The van der Waals surface area contributed by atoms with E-state index in [-0.39, 0.29) is 18.5 Å². The molecule has 3 fully saturated rings. The third-order valence-corrected chi connectivity index (χ3v) is 7.14. The zero-order valence-corrected chi connectivity index (χ0v) is 19.4. The van der Waals surface area contributed by atoms with Gasteiger partial charge in [0.1, 0.15) is 0 Å². The molecular weight excluding hydrogens is 480 g/mol. The number of likely N-dealkylation sites (tertiary alicyclic amines) is 2. The average Bonchev–Trinajstić information content (AvgIpc) is 2.77. The summed E-state index contributed by atoms with van der Waals surface area (Å²) in [5, 5.41) is 0. The summed E-state index contributed by atoms with van der Waals surface area (Å²) in [6, 6.07) is 6.42. The molecule has 3 aliphatic rings. The highest BCUT2D eigenvalue weighted by Gasteiger charge is 2.61. The van der Waals surface area contributed by atoms with Gasteiger partial charge < -0.3 is 19.3 Å². The van der Waals surface area contributed by atoms with E-state index in [1.807, 2.05) is 0 Å². The number of benzene rings is 1. The third-order valence-electron chi connectivity index (χ3n) is 7.14. The second-order valence-electron chi connectivity index (χ2n) is 9.69. The molecule has 196 valence electrons. The van der Waals surface area contributed by atoms with Crippen LogP contribution in [0.5, 0.6) is 0 Å². The van der Waals surface area contributed by atoms with Gasteiger partial charge >= 0.3 is 18.4 Å². The fraction of sp³-hybridized carbons (Fsp3) is 0.696. The molecule has 3 saturated heterocycles. The Labute approximate surface area is 199 Å². The van der Waals surface area contributed by atoms with E-state index < -0.39 is 24.5 Å². The third kappa shape index (κ3) is 5.96. The smallest absolute Gasteiger partial charge is 0.426 e. The minimum atomic E-state index is -5.71. The molecule has 3 aliphatic heterocycles. The van der Waals surface area contributed by atoms with E-state index >= 15 is 0 Å². The van der Waals surface area contributed by atoms with Crippen molar-refractivity contribution in [2.75, 3.05) is 57.4 Å². The average molecular weight is 509 g/mol. The second kappa shape index (κ2) is 9.68. The lowest BCUT2D eigenvalue weighted by molar-refractivity contribution is -0.309. The number of hydrogen-bond acceptors (Lipinski definition) is 5. The number of aryl methyl sites for hydroxylation is 1. The fourth-order valence-corrected chi connectivity index (χ4v) is 5.01. The van der Waals surface area contributed by atoms with Crippen LogP contribution >= 0.6 is 0 Å². The summed E-state index contributed by atoms with van der Waals surface area (Å²) in [5.74, 6) is 0. The van der Waals surface area contributed by atoms with Crippen LogP contribution in [0, 0.1) is 12.3 Å². The number of rotatable bonds is 4. The molecule has 1 aromatic carbocycles. The van der Waals surface area contributed by atoms with Crippen molar-refractivity contribution in [3.63, 3.8) is 0 Å². The van der Waals surface area contributed by atoms with Crippen LogP contribution in [0.15, 0.2) is 18.2 Å². The number of anilines is 1. The van der Waals surface area contributed by atoms with Gasteiger partial charge in [-0.1, -0.05) is 6.07 Å². The maximum atomic E-state index is 12.6. The van der Waals surface area contributed by atoms with Gasteiger partial charge in [0.05, 0.1) is 13.2 Å². The number of morpholine rings is 1. The summed E-state index contributed by atoms with van der Waals surface area (Å²) in [6.07, 6.45) is -15.7. The molecule has 4 rings (SSSR count). The van der Waals surface area contributed by atoms with E-state index in [1.54, 1.807) is 0 Å². The zero-order chi connectivity index (χ0) is 25.4. The van der Waals surface area contributed by atoms with E-state index in [1.165, 1.54) is 16.8 Å². The maximum absolute atomic E-state index is 12.6. The normalized spacial score (nSPS) is 21.4. The molecule has 0 saturated carbocycles. The molecule has 6 nitrogen and oxygen atoms in total. The number of hydrogen-bond donors (Lipinski definition) is 0. The summed E-state index contributed by atoms with van der Waals surface area (Å²) < 4.78 is 85.1. The van der Waals surface area contributed by atoms with Crippen LogP contribution in [0.3, 0.4) is 0 Å². The van der Waals surface area contributed by atoms with Crippen molar-refractivity contribution in [3.8, 4) is 0 Å². The predicted molar refractivity (Wildman–Crippen MR) is 115 cm³/mol. The molecule has 0 atom stereocenters. The summed E-state index contributed by atoms with van der Waals surface area (Å²) in [7, 11) is 0. The number of alkyl halides is 6. The Morgan fingerprint density at radius 2 is 1.63 bits per heavy atom. The molecular formula is C23H29F6N3O3. The van der Waals surface area contributed by atoms with Crippen LogP contribution in [-0.2, 0) is 16.0 Å². The molecule has 0 bridgehead atoms. The Hall–Kier alpha value is -2.21. The van der Waals surface area contributed by atoms with Crippen LogP contribution in [-0.4, -0.2) is 86.8 Å². The quantitative estimate of drug-likeness (QED) is 0.565. The van der Waals surface area contributed by atoms with E-state index in [2.05, 4.69) is 39.7 Å². The lowest BCUT2D eigenvalue weighted by atomic mass is 9.72. The number of halogens is 6. The SMILES string of the molecule is Cc1cc(N2CCOCC2)ccc1CN1CCC2(CC1)CN(C(=O)OC(C(F)(F)F)C(F)(F)F)C2. The lowest BCUT2D eigenvalue weighted by Gasteiger charge is -2.53. The number of piperidine rings is 1. The van der Waals surface area contributed by atoms with Crippen molar-refractivity contribution in [2.24, 2.45) is 5.41 Å². The molecule has 12 heteroatoms. The Morgan fingerprint density at radius 1 is 1.03 bits per heavy atom. The molecule has 35 heavy (non-hydrogen) atoms. The van der Waals surface area contributed by atoms with Crippen molar-refractivity contribution in [2.45, 2.75) is 44.8 Å². The largest absolute Gasteiger partial charge is 0.434 e. The van der Waals surface area contributed by atoms with Gasteiger partial charge in [0.2, 0.25) is 0 Å². The van der Waals surface area contributed by atoms with Crippen LogP contribution in [0.4, 0.5) is 36.8 Å². The van der Waals surface area contributed by atoms with Crippen molar-refractivity contribution >= 4 is 11.8 Å². The van der Waals surface area contributed by atoms with Gasteiger partial charge in [-0.3, -0.25) is 4.90 Å². The summed E-state index contributed by atoms with van der Waals surface area (Å²) in [5.41, 5.74) is 3.29. The molecule has 1 spiro atoms. The van der Waals surface area contributed by atoms with Crippen LogP contribution in [0.25, 0.3) is 0 Å². The first kappa shape index (κ1) is 25.9. The minimum Gasteiger partial charge on any atom is -0.426 e. The van der Waals surface area contributed by atoms with E-state index in [0.29, 0.717) is 12.8 Å². The molecule has 3 heterocycles. The molecule has 0 aromatic heterocycles. The second-order valence-corrected chi connectivity index (χ2v) is 9.69. The highest BCUT2D eigenvalue weighted by atomic mass is 19.4. The Kier molecular flexibility index (Phi) is 7.16. The summed E-state index contributed by atoms with van der Waals surface area (Å²) in [6.45, 7) is 7.70. The Bertz CT molecular complexity index is 887. The summed E-state index contributed by atoms with van der Waals surface area (Å²) in [4.78, 5) is 17.4. The number of nitrogens with zero attached hydrogens (tertiary/aromatic N) is 3. The molecule has 0 aliphatic carbocycles. The predicted octanol–water partition coefficient (Wildman–Crippen LogP) is 4.36. The highest BCUT2D eigenvalue weighted by Crippen LogP contribution is 2.42. The first-order valence-electron chi connectivity index (χ1n) is 11.6. The van der Waals surface area contributed by atoms with Crippen LogP contribution in [0.2, 0.25) is 0 Å². The van der Waals surface area contributed by atoms with E-state index in [0.717, 1.165) is 50.8 Å². The molecule has 0 radical (unpaired) electrons. The zero-order valence-electron chi connectivity index (χ0n) is 19.4. The van der Waals surface area contributed by atoms with E-state index in [9.17, 15) is 31.1 Å². The molecule has 0 unspecified atom stereocenters. The molecule has 1 amide bonds. The number of carbonyl (C=O) groups is 1. The van der Waals surface area contributed by atoms with Crippen molar-refractivity contribution < 1.29 is 40.6 Å². The van der Waals surface area contributed by atoms with Gasteiger partial charge in [-0.25, -0.2) is 4.79 Å². The number of amides is 1. The first-order valence-corrected chi connectivity index (χ1v) is 11.6. The van der Waals surface area contributed by atoms with E-state index in [4.69, 9.17) is 4.74 Å². The maximum Gasteiger partial charge on any atom is 0.434 e. The van der Waals surface area contributed by atoms with Gasteiger partial charge in [0.15, 0.2) is 0 Å². The van der Waals surface area contributed by atoms with Gasteiger partial charge in [-0.2, -0.15) is 26.3 Å². The number of carbonyl (C=O) groups excluding carboxylic acids is 1. The van der Waals surface area contributed by atoms with Gasteiger partial charge in [0, 0.05) is 43.8 Å². The monoisotopic (exact) mass is 509 g/mol. The van der Waals surface area contributed by atoms with Crippen LogP contribution < -0.4 is 4.90 Å². The molecule has 1 aromatic rings. The van der Waals surface area contributed by atoms with Crippen molar-refractivity contribution in [1.29, 1.82) is 0 Å². The van der Waals surface area contributed by atoms with Gasteiger partial charge in [0.25, 0.3) is 6.10 Å². The minimum absolute atomic E-state index is 0.107. The van der Waals surface area contributed by atoms with Crippen molar-refractivity contribution in [3.05, 3.63) is 29.3 Å². The Morgan fingerprint density at radius 3 is 2.17 bits per heavy atom. The number of ether oxygens (including phenoxy) is 2. The highest BCUT2D eigenvalue weighted by molar-refractivity contribution is 5.69. The topological polar surface area (TPSA) is 45.2 Å². The van der Waals surface area contributed by atoms with Crippen molar-refractivity contribution in [1.82, 2.24) is 9.80 Å². The summed E-state index contributed by atoms with van der Waals surface area (Å²) >= 11 is 0. The lowest BCUT2D eigenvalue weighted by Crippen LogP contribution is -2.62. The first-order chi connectivity index (χ1) is 16.4. The van der Waals surface area contributed by atoms with Gasteiger partial charge in [-0.05, 0) is 56.1 Å². The standard InChI is InChI=1S/C23H29F6N3O3/c1-16-12-18(31-8-10-34-11-9-31)3-2-17(16)13-30-6-4-21(5-7-30)14-32(15-21)20(33)35-19(22(24,25)26)23(27,28)29/h2-3,12,19H,4-11,13-15H2,1H3. The Balaban J connectivity index is 1.26. The van der Waals surface area contributed by atoms with Crippen LogP contribution in [0.1, 0.15) is 24.0 Å². The fourth-order valence-electron chi connectivity index (χ4n) is 5.01.